The number of nitrogens with zero attached hydrogens (tertiary/aromatic N) is 2. The van der Waals surface area contributed by atoms with Gasteiger partial charge in [-0.15, -0.1) is 5.10 Å². The number of rotatable bonds is 6. The lowest BCUT2D eigenvalue weighted by atomic mass is 10.2. The van der Waals surface area contributed by atoms with Crippen LogP contribution in [-0.4, -0.2) is 46.0 Å². The molecule has 1 aromatic heterocycles. The lowest BCUT2D eigenvalue weighted by Crippen LogP contribution is -2.42. The molecule has 2 rings (SSSR count). The highest BCUT2D eigenvalue weighted by atomic mass is 35.5. The van der Waals surface area contributed by atoms with Crippen LogP contribution in [0, 0.1) is 0 Å². The molecule has 0 aliphatic heterocycles. The molecule has 3 amide bonds. The molecular weight excluding hydrogens is 366 g/mol. The maximum Gasteiger partial charge on any atom is 0.321 e. The van der Waals surface area contributed by atoms with E-state index in [0.717, 1.165) is 11.8 Å². The number of thioether (sulfide) groups is 1. The van der Waals surface area contributed by atoms with Crippen molar-refractivity contribution in [3.8, 4) is 17.1 Å². The van der Waals surface area contributed by atoms with E-state index in [1.54, 1.807) is 39.2 Å². The Kier molecular flexibility index (Phi) is 6.65. The Bertz CT molecular complexity index is 767. The van der Waals surface area contributed by atoms with Gasteiger partial charge in [-0.2, -0.15) is 0 Å². The van der Waals surface area contributed by atoms with Gasteiger partial charge in [0.25, 0.3) is 0 Å². The van der Waals surface area contributed by atoms with Crippen molar-refractivity contribution in [1.82, 2.24) is 25.8 Å². The van der Waals surface area contributed by atoms with Crippen molar-refractivity contribution in [1.29, 1.82) is 0 Å². The number of urea groups is 1. The molecular formula is C15H18ClN5O3S. The van der Waals surface area contributed by atoms with Gasteiger partial charge in [-0.25, -0.2) is 9.78 Å². The normalized spacial score (nSPS) is 11.7. The summed E-state index contributed by atoms with van der Waals surface area (Å²) in [5.41, 5.74) is 0.661. The third kappa shape index (κ3) is 5.10. The van der Waals surface area contributed by atoms with E-state index in [9.17, 15) is 9.59 Å². The molecule has 0 saturated carbocycles. The van der Waals surface area contributed by atoms with Gasteiger partial charge < -0.3 is 10.1 Å². The van der Waals surface area contributed by atoms with Crippen molar-refractivity contribution in [3.05, 3.63) is 23.2 Å². The number of carbonyl (C=O) groups is 2. The first-order valence-electron chi connectivity index (χ1n) is 7.46. The van der Waals surface area contributed by atoms with Crippen LogP contribution < -0.4 is 15.4 Å². The van der Waals surface area contributed by atoms with Crippen LogP contribution in [0.5, 0.6) is 5.75 Å². The largest absolute Gasteiger partial charge is 0.496 e. The highest BCUT2D eigenvalue weighted by Gasteiger charge is 2.20. The van der Waals surface area contributed by atoms with Crippen LogP contribution >= 0.6 is 23.4 Å². The molecule has 0 radical (unpaired) electrons. The minimum absolute atomic E-state index is 0.371. The van der Waals surface area contributed by atoms with Crippen LogP contribution in [0.25, 0.3) is 11.4 Å². The second-order valence-corrected chi connectivity index (χ2v) is 6.66. The van der Waals surface area contributed by atoms with Crippen LogP contribution in [0.15, 0.2) is 23.4 Å². The van der Waals surface area contributed by atoms with Crippen LogP contribution in [0.2, 0.25) is 5.02 Å². The second kappa shape index (κ2) is 8.72. The number of aromatic nitrogens is 3. The quantitative estimate of drug-likeness (QED) is 0.661. The smallest absolute Gasteiger partial charge is 0.321 e. The Morgan fingerprint density at radius 2 is 2.20 bits per heavy atom. The fraction of sp³-hybridized carbons (Fsp3) is 0.333. The molecule has 3 N–H and O–H groups in total. The summed E-state index contributed by atoms with van der Waals surface area (Å²) in [5.74, 6) is 0.639. The first kappa shape index (κ1) is 19.1. The summed E-state index contributed by atoms with van der Waals surface area (Å²) in [7, 11) is 1.55. The van der Waals surface area contributed by atoms with Gasteiger partial charge >= 0.3 is 6.03 Å². The molecule has 0 aliphatic rings. The predicted molar refractivity (Wildman–Crippen MR) is 95.9 cm³/mol. The summed E-state index contributed by atoms with van der Waals surface area (Å²) in [6.07, 6.45) is 0. The zero-order chi connectivity index (χ0) is 18.4. The average Bonchev–Trinajstić information content (AvgIpc) is 3.03. The van der Waals surface area contributed by atoms with Crippen molar-refractivity contribution >= 4 is 35.3 Å². The minimum Gasteiger partial charge on any atom is -0.496 e. The fourth-order valence-electron chi connectivity index (χ4n) is 1.91. The van der Waals surface area contributed by atoms with Gasteiger partial charge in [-0.05, 0) is 32.0 Å². The van der Waals surface area contributed by atoms with E-state index in [-0.39, 0.29) is 0 Å². The van der Waals surface area contributed by atoms with Crippen LogP contribution in [0.3, 0.4) is 0 Å². The van der Waals surface area contributed by atoms with Gasteiger partial charge in [0.15, 0.2) is 5.82 Å². The van der Waals surface area contributed by atoms with Crippen LogP contribution in [0.4, 0.5) is 4.79 Å². The number of halogens is 1. The molecule has 0 saturated heterocycles. The van der Waals surface area contributed by atoms with Crippen LogP contribution in [0.1, 0.15) is 13.8 Å². The molecule has 8 nitrogen and oxygen atoms in total. The number of benzene rings is 1. The van der Waals surface area contributed by atoms with Gasteiger partial charge in [0.2, 0.25) is 11.1 Å². The van der Waals surface area contributed by atoms with Crippen molar-refractivity contribution in [2.45, 2.75) is 24.3 Å². The Labute approximate surface area is 154 Å². The van der Waals surface area contributed by atoms with Crippen LogP contribution in [-0.2, 0) is 4.79 Å². The maximum atomic E-state index is 12.0. The molecule has 0 fully saturated rings. The lowest BCUT2D eigenvalue weighted by molar-refractivity contribution is -0.119. The second-order valence-electron chi connectivity index (χ2n) is 4.92. The van der Waals surface area contributed by atoms with Gasteiger partial charge in [0.05, 0.1) is 17.9 Å². The Hall–Kier alpha value is -2.26. The number of methoxy groups -OCH3 is 1. The first-order chi connectivity index (χ1) is 11.9. The Balaban J connectivity index is 2.08. The van der Waals surface area contributed by atoms with E-state index in [0.29, 0.717) is 33.9 Å². The zero-order valence-electron chi connectivity index (χ0n) is 13.9. The molecule has 0 spiro atoms. The van der Waals surface area contributed by atoms with Crippen molar-refractivity contribution in [3.63, 3.8) is 0 Å². The summed E-state index contributed by atoms with van der Waals surface area (Å²) >= 11 is 7.14. The first-order valence-corrected chi connectivity index (χ1v) is 8.72. The molecule has 1 heterocycles. The average molecular weight is 384 g/mol. The number of hydrogen-bond donors (Lipinski definition) is 3. The summed E-state index contributed by atoms with van der Waals surface area (Å²) in [6, 6.07) is 4.62. The predicted octanol–water partition coefficient (Wildman–Crippen LogP) is 2.46. The van der Waals surface area contributed by atoms with E-state index < -0.39 is 17.2 Å². The van der Waals surface area contributed by atoms with Crippen molar-refractivity contribution < 1.29 is 14.3 Å². The van der Waals surface area contributed by atoms with Crippen molar-refractivity contribution in [2.75, 3.05) is 13.7 Å². The monoisotopic (exact) mass is 383 g/mol. The number of amides is 3. The highest BCUT2D eigenvalue weighted by molar-refractivity contribution is 8.00. The number of nitrogens with one attached hydrogen (secondary N) is 3. The number of H-pyrrole nitrogens is 1. The third-order valence-corrected chi connectivity index (χ3v) is 4.30. The summed E-state index contributed by atoms with van der Waals surface area (Å²) in [5, 5.41) is 12.0. The Morgan fingerprint density at radius 3 is 2.88 bits per heavy atom. The van der Waals surface area contributed by atoms with E-state index in [4.69, 9.17) is 16.3 Å². The molecule has 25 heavy (non-hydrogen) atoms. The van der Waals surface area contributed by atoms with Gasteiger partial charge in [-0.1, -0.05) is 23.4 Å². The summed E-state index contributed by atoms with van der Waals surface area (Å²) < 4.78 is 5.29. The highest BCUT2D eigenvalue weighted by Crippen LogP contribution is 2.31. The zero-order valence-corrected chi connectivity index (χ0v) is 15.5. The van der Waals surface area contributed by atoms with Gasteiger partial charge in [0.1, 0.15) is 5.75 Å². The third-order valence-electron chi connectivity index (χ3n) is 3.11. The van der Waals surface area contributed by atoms with E-state index in [2.05, 4.69) is 25.8 Å². The summed E-state index contributed by atoms with van der Waals surface area (Å²) in [4.78, 5) is 27.7. The minimum atomic E-state index is -0.549. The maximum absolute atomic E-state index is 12.0. The molecule has 1 atom stereocenters. The van der Waals surface area contributed by atoms with E-state index >= 15 is 0 Å². The molecule has 10 heteroatoms. The number of ether oxygens (including phenoxy) is 1. The van der Waals surface area contributed by atoms with Gasteiger partial charge in [-0.3, -0.25) is 15.2 Å². The standard InChI is InChI=1S/C15H18ClN5O3S/c1-4-17-14(23)19-13(22)8(2)25-15-18-12(20-21-15)10-7-9(16)5-6-11(10)24-3/h5-8H,4H2,1-3H3,(H,18,20,21)(H2,17,19,22,23)/t8-/m0/s1. The van der Waals surface area contributed by atoms with E-state index in [1.807, 2.05) is 0 Å². The number of aromatic amines is 1. The fourth-order valence-corrected chi connectivity index (χ4v) is 2.81. The topological polar surface area (TPSA) is 109 Å². The van der Waals surface area contributed by atoms with Crippen molar-refractivity contribution in [2.24, 2.45) is 0 Å². The molecule has 1 aromatic carbocycles. The molecule has 0 aliphatic carbocycles. The molecule has 2 aromatic rings. The molecule has 0 bridgehead atoms. The van der Waals surface area contributed by atoms with Gasteiger partial charge in [0, 0.05) is 11.6 Å². The van der Waals surface area contributed by atoms with E-state index in [1.165, 1.54) is 0 Å². The number of imide groups is 1. The lowest BCUT2D eigenvalue weighted by Gasteiger charge is -2.09. The molecule has 0 unspecified atom stereocenters. The summed E-state index contributed by atoms with van der Waals surface area (Å²) in [6.45, 7) is 3.86. The number of hydrogen-bond acceptors (Lipinski definition) is 6. The molecule has 134 valence electrons. The number of carbonyl (C=O) groups excluding carboxylic acids is 2. The Morgan fingerprint density at radius 1 is 1.44 bits per heavy atom. The SMILES string of the molecule is CCNC(=O)NC(=O)[C@H](C)Sc1n[nH]c(-c2cc(Cl)ccc2OC)n1.